The van der Waals surface area contributed by atoms with Crippen LogP contribution in [0.5, 0.6) is 0 Å². The molecule has 0 heterocycles. The Morgan fingerprint density at radius 3 is 1.97 bits per heavy atom. The lowest BCUT2D eigenvalue weighted by molar-refractivity contribution is -0.118. The van der Waals surface area contributed by atoms with Crippen molar-refractivity contribution in [2.45, 2.75) is 89.0 Å². The molecule has 1 fully saturated rings. The number of hydrogen-bond acceptors (Lipinski definition) is 4. The molecule has 1 aliphatic carbocycles. The second-order valence-corrected chi connectivity index (χ2v) is 12.2. The van der Waals surface area contributed by atoms with E-state index in [4.69, 9.17) is 0 Å². The van der Waals surface area contributed by atoms with Crippen LogP contribution in [0.15, 0.2) is 41.3 Å². The van der Waals surface area contributed by atoms with E-state index >= 15 is 0 Å². The number of benzene rings is 2. The summed E-state index contributed by atoms with van der Waals surface area (Å²) >= 11 is 0. The Kier molecular flexibility index (Phi) is 8.58. The summed E-state index contributed by atoms with van der Waals surface area (Å²) in [5, 5.41) is 0. The third-order valence-corrected chi connectivity index (χ3v) is 8.12. The van der Waals surface area contributed by atoms with Gasteiger partial charge in [-0.25, -0.2) is 13.1 Å². The third kappa shape index (κ3) is 6.48. The number of nitrogens with one attached hydrogen (secondary N) is 1. The Hall–Kier alpha value is -2.18. The molecule has 1 amide bonds. The van der Waals surface area contributed by atoms with Gasteiger partial charge in [0.1, 0.15) is 0 Å². The molecule has 2 aromatic carbocycles. The van der Waals surface area contributed by atoms with Gasteiger partial charge in [0.2, 0.25) is 5.91 Å². The second-order valence-electron chi connectivity index (χ2n) is 10.6. The summed E-state index contributed by atoms with van der Waals surface area (Å²) in [5.74, 6) is 0.605. The maximum absolute atomic E-state index is 13.0. The fraction of sp³-hybridized carbons (Fsp3) is 0.536. The molecule has 0 radical (unpaired) electrons. The Labute approximate surface area is 206 Å². The van der Waals surface area contributed by atoms with E-state index in [0.717, 1.165) is 28.8 Å². The molecule has 0 aliphatic heterocycles. The lowest BCUT2D eigenvalue weighted by atomic mass is 9.82. The maximum Gasteiger partial charge on any atom is 0.264 e. The molecule has 34 heavy (non-hydrogen) atoms. The Bertz CT molecular complexity index is 1070. The normalized spacial score (nSPS) is 15.0. The molecule has 1 aliphatic rings. The van der Waals surface area contributed by atoms with E-state index < -0.39 is 15.9 Å². The van der Waals surface area contributed by atoms with E-state index in [9.17, 15) is 13.2 Å². The molecule has 3 rings (SSSR count). The van der Waals surface area contributed by atoms with Gasteiger partial charge in [0.15, 0.2) is 0 Å². The van der Waals surface area contributed by atoms with E-state index in [1.54, 1.807) is 24.3 Å². The molecule has 0 saturated heterocycles. The molecule has 1 N–H and O–H groups in total. The predicted molar refractivity (Wildman–Crippen MR) is 139 cm³/mol. The van der Waals surface area contributed by atoms with Crippen molar-refractivity contribution in [3.63, 3.8) is 0 Å². The summed E-state index contributed by atoms with van der Waals surface area (Å²) in [6.45, 7) is 9.30. The first-order valence-corrected chi connectivity index (χ1v) is 13.9. The maximum atomic E-state index is 13.0. The lowest BCUT2D eigenvalue weighted by Crippen LogP contribution is -2.32. The Morgan fingerprint density at radius 2 is 1.50 bits per heavy atom. The Balaban J connectivity index is 1.85. The van der Waals surface area contributed by atoms with Gasteiger partial charge >= 0.3 is 0 Å². The molecule has 0 unspecified atom stereocenters. The molecule has 1 saturated carbocycles. The van der Waals surface area contributed by atoms with Gasteiger partial charge in [0.05, 0.1) is 11.3 Å². The molecule has 0 spiro atoms. The molecule has 0 atom stereocenters. The highest BCUT2D eigenvalue weighted by molar-refractivity contribution is 7.90. The molecule has 6 heteroatoms. The van der Waals surface area contributed by atoms with Crippen molar-refractivity contribution in [1.82, 2.24) is 9.62 Å². The highest BCUT2D eigenvalue weighted by Gasteiger charge is 2.25. The molecule has 0 bridgehead atoms. The van der Waals surface area contributed by atoms with E-state index in [1.165, 1.54) is 31.2 Å². The summed E-state index contributed by atoms with van der Waals surface area (Å²) in [5.41, 5.74) is 5.68. The number of nitrogens with zero attached hydrogens (tertiary/aromatic N) is 1. The van der Waals surface area contributed by atoms with Crippen LogP contribution in [0.4, 0.5) is 0 Å². The zero-order chi connectivity index (χ0) is 25.0. The van der Waals surface area contributed by atoms with E-state index in [1.807, 2.05) is 19.0 Å². The molecule has 5 nitrogen and oxygen atoms in total. The van der Waals surface area contributed by atoms with Crippen LogP contribution < -0.4 is 4.72 Å². The first-order chi connectivity index (χ1) is 16.0. The van der Waals surface area contributed by atoms with Crippen molar-refractivity contribution in [2.24, 2.45) is 0 Å². The average Bonchev–Trinajstić information content (AvgIpc) is 3.28. The number of carbonyl (C=O) groups is 1. The van der Waals surface area contributed by atoms with Crippen molar-refractivity contribution in [3.8, 4) is 0 Å². The van der Waals surface area contributed by atoms with Gasteiger partial charge in [-0.15, -0.1) is 0 Å². The van der Waals surface area contributed by atoms with Crippen LogP contribution in [-0.2, 0) is 27.8 Å². The number of amides is 1. The molecule has 186 valence electrons. The number of hydrogen-bond donors (Lipinski definition) is 1. The van der Waals surface area contributed by atoms with Gasteiger partial charge in [-0.05, 0) is 84.6 Å². The third-order valence-electron chi connectivity index (χ3n) is 6.73. The lowest BCUT2D eigenvalue weighted by Gasteiger charge is -2.23. The van der Waals surface area contributed by atoms with Gasteiger partial charge < -0.3 is 4.90 Å². The monoisotopic (exact) mass is 484 g/mol. The first kappa shape index (κ1) is 26.4. The summed E-state index contributed by atoms with van der Waals surface area (Å²) in [7, 11) is -0.00477. The van der Waals surface area contributed by atoms with E-state index in [2.05, 4.69) is 44.5 Å². The minimum Gasteiger partial charge on any atom is -0.305 e. The van der Waals surface area contributed by atoms with E-state index in [-0.39, 0.29) is 23.2 Å². The van der Waals surface area contributed by atoms with Crippen molar-refractivity contribution < 1.29 is 13.2 Å². The van der Waals surface area contributed by atoms with E-state index in [0.29, 0.717) is 5.92 Å². The van der Waals surface area contributed by atoms with Crippen molar-refractivity contribution in [3.05, 3.63) is 64.2 Å². The van der Waals surface area contributed by atoms with Crippen molar-refractivity contribution in [2.75, 3.05) is 14.1 Å². The summed E-state index contributed by atoms with van der Waals surface area (Å²) in [4.78, 5) is 15.1. The summed E-state index contributed by atoms with van der Waals surface area (Å²) in [6.07, 6.45) is 5.05. The van der Waals surface area contributed by atoms with Crippen LogP contribution in [0.1, 0.15) is 98.9 Å². The quantitative estimate of drug-likeness (QED) is 0.496. The van der Waals surface area contributed by atoms with Gasteiger partial charge in [-0.1, -0.05) is 64.8 Å². The molecule has 2 aromatic rings. The van der Waals surface area contributed by atoms with Crippen LogP contribution in [0.25, 0.3) is 0 Å². The van der Waals surface area contributed by atoms with Gasteiger partial charge in [0, 0.05) is 6.54 Å². The molecular weight excluding hydrogens is 444 g/mol. The Morgan fingerprint density at radius 1 is 0.971 bits per heavy atom. The smallest absolute Gasteiger partial charge is 0.264 e. The van der Waals surface area contributed by atoms with Crippen LogP contribution in [0, 0.1) is 0 Å². The fourth-order valence-corrected chi connectivity index (χ4v) is 6.00. The topological polar surface area (TPSA) is 66.5 Å². The van der Waals surface area contributed by atoms with Crippen molar-refractivity contribution >= 4 is 15.9 Å². The zero-order valence-electron chi connectivity index (χ0n) is 21.5. The fourth-order valence-electron chi connectivity index (χ4n) is 5.02. The number of sulfonamides is 1. The predicted octanol–water partition coefficient (Wildman–Crippen LogP) is 5.70. The number of carbonyl (C=O) groups excluding carboxylic acids is 1. The van der Waals surface area contributed by atoms with Crippen molar-refractivity contribution in [1.29, 1.82) is 0 Å². The zero-order valence-corrected chi connectivity index (χ0v) is 22.3. The van der Waals surface area contributed by atoms with Crippen LogP contribution in [0.3, 0.4) is 0 Å². The molecular formula is C28H40N2O3S. The largest absolute Gasteiger partial charge is 0.305 e. The SMILES string of the molecule is CC(C)c1cc(C2CCCC2)cc(C(C)C)c1CC(=O)NS(=O)(=O)c1ccc(CN(C)C)cc1. The highest BCUT2D eigenvalue weighted by atomic mass is 32.2. The van der Waals surface area contributed by atoms with Crippen LogP contribution >= 0.6 is 0 Å². The minimum absolute atomic E-state index is 0.0594. The first-order valence-electron chi connectivity index (χ1n) is 12.4. The van der Waals surface area contributed by atoms with Crippen LogP contribution in [0.2, 0.25) is 0 Å². The van der Waals surface area contributed by atoms with Gasteiger partial charge in [0.25, 0.3) is 10.0 Å². The van der Waals surface area contributed by atoms with Gasteiger partial charge in [-0.2, -0.15) is 0 Å². The molecule has 0 aromatic heterocycles. The standard InChI is InChI=1S/C28H40N2O3S/c1-19(2)25-15-23(22-9-7-8-10-22)16-26(20(3)4)27(25)17-28(31)29-34(32,33)24-13-11-21(12-14-24)18-30(5)6/h11-16,19-20,22H,7-10,17-18H2,1-6H3,(H,29,31). The van der Waals surface area contributed by atoms with Crippen LogP contribution in [-0.4, -0.2) is 33.3 Å². The second kappa shape index (κ2) is 11.0. The average molecular weight is 485 g/mol. The number of rotatable bonds is 9. The summed E-state index contributed by atoms with van der Waals surface area (Å²) in [6, 6.07) is 11.2. The van der Waals surface area contributed by atoms with Gasteiger partial charge in [-0.3, -0.25) is 4.79 Å². The minimum atomic E-state index is -3.93. The summed E-state index contributed by atoms with van der Waals surface area (Å²) < 4.78 is 28.1. The highest BCUT2D eigenvalue weighted by Crippen LogP contribution is 2.38.